The van der Waals surface area contributed by atoms with E-state index in [1.54, 1.807) is 24.1 Å². The molecule has 3 rings (SSSR count). The van der Waals surface area contributed by atoms with Crippen LogP contribution in [-0.2, 0) is 5.41 Å². The van der Waals surface area contributed by atoms with Gasteiger partial charge in [-0.1, -0.05) is 59.4 Å². The number of benzene rings is 2. The van der Waals surface area contributed by atoms with Crippen molar-refractivity contribution >= 4 is 40.8 Å². The van der Waals surface area contributed by atoms with E-state index in [1.807, 2.05) is 38.3 Å². The maximum absolute atomic E-state index is 14.7. The molecule has 1 fully saturated rings. The fourth-order valence-corrected chi connectivity index (χ4v) is 5.82. The zero-order chi connectivity index (χ0) is 23.0. The lowest BCUT2D eigenvalue weighted by atomic mass is 9.69. The molecule has 1 saturated heterocycles. The van der Waals surface area contributed by atoms with Crippen molar-refractivity contribution in [3.63, 3.8) is 0 Å². The zero-order valence-electron chi connectivity index (χ0n) is 18.4. The zero-order valence-corrected chi connectivity index (χ0v) is 20.8. The summed E-state index contributed by atoms with van der Waals surface area (Å²) in [6.07, 6.45) is 3.90. The van der Waals surface area contributed by atoms with Crippen molar-refractivity contribution in [2.24, 2.45) is 0 Å². The SMILES string of the molecule is C=CC(C)(C)SN1CC(c2ccc(C)c(Cl)c2)C(C=C)(c2cc(F)c(Cl)cc2NC)C1. The summed E-state index contributed by atoms with van der Waals surface area (Å²) in [7, 11) is 1.82. The van der Waals surface area contributed by atoms with Gasteiger partial charge in [-0.05, 0) is 55.7 Å². The molecule has 2 aromatic rings. The summed E-state index contributed by atoms with van der Waals surface area (Å²) in [6.45, 7) is 15.9. The van der Waals surface area contributed by atoms with E-state index in [2.05, 4.69) is 42.7 Å². The van der Waals surface area contributed by atoms with Crippen LogP contribution in [-0.4, -0.2) is 29.2 Å². The predicted octanol–water partition coefficient (Wildman–Crippen LogP) is 7.62. The average Bonchev–Trinajstić information content (AvgIpc) is 3.10. The monoisotopic (exact) mass is 478 g/mol. The molecule has 2 aromatic carbocycles. The van der Waals surface area contributed by atoms with Gasteiger partial charge in [0.2, 0.25) is 0 Å². The first-order valence-corrected chi connectivity index (χ1v) is 11.7. The van der Waals surface area contributed by atoms with E-state index in [0.717, 1.165) is 33.9 Å². The van der Waals surface area contributed by atoms with Gasteiger partial charge in [-0.15, -0.1) is 13.2 Å². The van der Waals surface area contributed by atoms with Crippen molar-refractivity contribution < 1.29 is 4.39 Å². The van der Waals surface area contributed by atoms with Crippen LogP contribution in [0.5, 0.6) is 0 Å². The van der Waals surface area contributed by atoms with Gasteiger partial charge in [-0.3, -0.25) is 0 Å². The van der Waals surface area contributed by atoms with Crippen LogP contribution in [0.15, 0.2) is 55.6 Å². The Kier molecular flexibility index (Phi) is 7.17. The molecule has 1 heterocycles. The standard InChI is InChI=1S/C25H29Cl2FN2S/c1-7-24(4,5)31-30-14-19(17-10-9-16(3)20(26)11-17)25(8-2,15-30)18-12-22(28)21(27)13-23(18)29-6/h7-13,19,29H,1-2,14-15H2,3-6H3. The first kappa shape index (κ1) is 24.2. The second kappa shape index (κ2) is 9.19. The number of halogens is 3. The molecule has 6 heteroatoms. The second-order valence-corrected chi connectivity index (χ2v) is 11.2. The Bertz CT molecular complexity index is 1010. The molecule has 166 valence electrons. The van der Waals surface area contributed by atoms with Gasteiger partial charge in [0.15, 0.2) is 0 Å². The highest BCUT2D eigenvalue weighted by Crippen LogP contribution is 2.52. The molecular weight excluding hydrogens is 450 g/mol. The van der Waals surface area contributed by atoms with E-state index >= 15 is 0 Å². The van der Waals surface area contributed by atoms with E-state index < -0.39 is 11.2 Å². The summed E-state index contributed by atoms with van der Waals surface area (Å²) in [5.74, 6) is -0.404. The highest BCUT2D eigenvalue weighted by atomic mass is 35.5. The van der Waals surface area contributed by atoms with Crippen LogP contribution in [0.2, 0.25) is 10.0 Å². The molecule has 2 atom stereocenters. The van der Waals surface area contributed by atoms with E-state index in [1.165, 1.54) is 0 Å². The first-order chi connectivity index (χ1) is 14.6. The molecule has 2 unspecified atom stereocenters. The quantitative estimate of drug-likeness (QED) is 0.325. The second-order valence-electron chi connectivity index (χ2n) is 8.59. The molecule has 0 aliphatic carbocycles. The third-order valence-corrected chi connectivity index (χ3v) is 7.97. The third kappa shape index (κ3) is 4.68. The normalized spacial score (nSPS) is 21.8. The summed E-state index contributed by atoms with van der Waals surface area (Å²) in [6, 6.07) is 9.38. The van der Waals surface area contributed by atoms with Crippen LogP contribution in [0.25, 0.3) is 0 Å². The van der Waals surface area contributed by atoms with Crippen molar-refractivity contribution in [1.82, 2.24) is 4.31 Å². The topological polar surface area (TPSA) is 15.3 Å². The van der Waals surface area contributed by atoms with Crippen LogP contribution >= 0.6 is 35.1 Å². The molecule has 1 aliphatic rings. The van der Waals surface area contributed by atoms with Crippen molar-refractivity contribution in [2.75, 3.05) is 25.5 Å². The molecule has 0 radical (unpaired) electrons. The molecule has 1 aliphatic heterocycles. The van der Waals surface area contributed by atoms with Gasteiger partial charge in [0.25, 0.3) is 0 Å². The lowest BCUT2D eigenvalue weighted by Crippen LogP contribution is -2.33. The van der Waals surface area contributed by atoms with E-state index in [0.29, 0.717) is 6.54 Å². The van der Waals surface area contributed by atoms with E-state index in [4.69, 9.17) is 23.2 Å². The van der Waals surface area contributed by atoms with Gasteiger partial charge in [0.1, 0.15) is 5.82 Å². The van der Waals surface area contributed by atoms with Crippen molar-refractivity contribution in [3.05, 3.63) is 88.2 Å². The average molecular weight is 479 g/mol. The molecule has 0 amide bonds. The molecule has 2 nitrogen and oxygen atoms in total. The molecule has 1 N–H and O–H groups in total. The van der Waals surface area contributed by atoms with Crippen molar-refractivity contribution in [3.8, 4) is 0 Å². The van der Waals surface area contributed by atoms with Crippen molar-refractivity contribution in [1.29, 1.82) is 0 Å². The predicted molar refractivity (Wildman–Crippen MR) is 135 cm³/mol. The Balaban J connectivity index is 2.20. The summed E-state index contributed by atoms with van der Waals surface area (Å²) >= 11 is 14.3. The molecule has 0 spiro atoms. The Morgan fingerprint density at radius 2 is 1.94 bits per heavy atom. The Morgan fingerprint density at radius 1 is 1.23 bits per heavy atom. The smallest absolute Gasteiger partial charge is 0.142 e. The minimum absolute atomic E-state index is 0.0314. The largest absolute Gasteiger partial charge is 0.388 e. The van der Waals surface area contributed by atoms with E-state index in [9.17, 15) is 4.39 Å². The van der Waals surface area contributed by atoms with Crippen LogP contribution in [0, 0.1) is 12.7 Å². The number of hydrogen-bond donors (Lipinski definition) is 1. The molecule has 0 saturated carbocycles. The lowest BCUT2D eigenvalue weighted by molar-refractivity contribution is 0.502. The number of nitrogens with one attached hydrogen (secondary N) is 1. The van der Waals surface area contributed by atoms with Crippen molar-refractivity contribution in [2.45, 2.75) is 36.9 Å². The highest BCUT2D eigenvalue weighted by molar-refractivity contribution is 7.98. The van der Waals surface area contributed by atoms with Crippen LogP contribution in [0.1, 0.15) is 36.5 Å². The van der Waals surface area contributed by atoms with Gasteiger partial charge in [0.05, 0.1) is 5.02 Å². The summed E-state index contributed by atoms with van der Waals surface area (Å²) in [4.78, 5) is 0. The number of anilines is 1. The van der Waals surface area contributed by atoms with Gasteiger partial charge in [-0.25, -0.2) is 8.70 Å². The summed E-state index contributed by atoms with van der Waals surface area (Å²) in [5.41, 5.74) is 3.23. The van der Waals surface area contributed by atoms with Gasteiger partial charge >= 0.3 is 0 Å². The van der Waals surface area contributed by atoms with Gasteiger partial charge < -0.3 is 5.32 Å². The number of hydrogen-bond acceptors (Lipinski definition) is 3. The Labute approximate surface area is 199 Å². The van der Waals surface area contributed by atoms with Crippen LogP contribution in [0.4, 0.5) is 10.1 Å². The maximum Gasteiger partial charge on any atom is 0.142 e. The molecule has 0 aromatic heterocycles. The van der Waals surface area contributed by atoms with Crippen LogP contribution in [0.3, 0.4) is 0 Å². The first-order valence-electron chi connectivity index (χ1n) is 10.2. The Morgan fingerprint density at radius 3 is 2.52 bits per heavy atom. The van der Waals surface area contributed by atoms with E-state index in [-0.39, 0.29) is 15.7 Å². The van der Waals surface area contributed by atoms with Gasteiger partial charge in [-0.2, -0.15) is 0 Å². The molecule has 0 bridgehead atoms. The fraction of sp³-hybridized carbons (Fsp3) is 0.360. The Hall–Kier alpha value is -1.46. The minimum atomic E-state index is -0.535. The van der Waals surface area contributed by atoms with Gasteiger partial charge in [0, 0.05) is 46.9 Å². The molecule has 31 heavy (non-hydrogen) atoms. The summed E-state index contributed by atoms with van der Waals surface area (Å²) in [5, 5.41) is 4.02. The van der Waals surface area contributed by atoms with Crippen LogP contribution < -0.4 is 5.32 Å². The highest BCUT2D eigenvalue weighted by Gasteiger charge is 2.49. The number of nitrogens with zero attached hydrogens (tertiary/aromatic N) is 1. The summed E-state index contributed by atoms with van der Waals surface area (Å²) < 4.78 is 16.9. The molecular formula is C25H29Cl2FN2S. The third-order valence-electron chi connectivity index (χ3n) is 6.10. The minimum Gasteiger partial charge on any atom is -0.388 e. The lowest BCUT2D eigenvalue weighted by Gasteiger charge is -2.35. The number of aryl methyl sites for hydroxylation is 1. The maximum atomic E-state index is 14.7. The fourth-order valence-electron chi connectivity index (χ4n) is 4.23. The number of rotatable bonds is 7.